The maximum absolute atomic E-state index is 12.2. The molecule has 0 aromatic rings. The van der Waals surface area contributed by atoms with Gasteiger partial charge in [0.1, 0.15) is 5.60 Å². The molecule has 2 saturated heterocycles. The molecule has 4 nitrogen and oxygen atoms in total. The summed E-state index contributed by atoms with van der Waals surface area (Å²) in [6.07, 6.45) is 4.57. The predicted molar refractivity (Wildman–Crippen MR) is 71.6 cm³/mol. The number of piperidine rings is 1. The van der Waals surface area contributed by atoms with Crippen molar-refractivity contribution in [2.45, 2.75) is 58.1 Å². The number of hydrogen-bond acceptors (Lipinski definition) is 3. The van der Waals surface area contributed by atoms with Crippen molar-refractivity contribution in [1.29, 1.82) is 0 Å². The Morgan fingerprint density at radius 1 is 1.28 bits per heavy atom. The van der Waals surface area contributed by atoms with Gasteiger partial charge in [-0.1, -0.05) is 0 Å². The maximum Gasteiger partial charge on any atom is 0.410 e. The van der Waals surface area contributed by atoms with Crippen molar-refractivity contribution >= 4 is 6.09 Å². The zero-order valence-electron chi connectivity index (χ0n) is 11.9. The molecule has 104 valence electrons. The molecule has 1 N–H and O–H groups in total. The van der Waals surface area contributed by atoms with E-state index in [4.69, 9.17) is 4.74 Å². The van der Waals surface area contributed by atoms with Gasteiger partial charge in [0, 0.05) is 12.6 Å². The largest absolute Gasteiger partial charge is 0.444 e. The molecule has 4 heteroatoms. The molecule has 0 aliphatic carbocycles. The van der Waals surface area contributed by atoms with Crippen LogP contribution in [0, 0.1) is 5.92 Å². The lowest BCUT2D eigenvalue weighted by atomic mass is 9.90. The normalized spacial score (nSPS) is 29.4. The Hall–Kier alpha value is -0.770. The Morgan fingerprint density at radius 2 is 2.06 bits per heavy atom. The van der Waals surface area contributed by atoms with Gasteiger partial charge in [0.2, 0.25) is 0 Å². The van der Waals surface area contributed by atoms with Crippen LogP contribution < -0.4 is 5.32 Å². The Balaban J connectivity index is 1.96. The van der Waals surface area contributed by atoms with Crippen LogP contribution >= 0.6 is 0 Å². The third-order valence-electron chi connectivity index (χ3n) is 3.81. The van der Waals surface area contributed by atoms with Crippen molar-refractivity contribution < 1.29 is 9.53 Å². The molecule has 0 saturated carbocycles. The van der Waals surface area contributed by atoms with Gasteiger partial charge < -0.3 is 15.0 Å². The first kappa shape index (κ1) is 13.7. The van der Waals surface area contributed by atoms with E-state index in [0.29, 0.717) is 12.0 Å². The van der Waals surface area contributed by atoms with E-state index in [1.165, 1.54) is 12.8 Å². The van der Waals surface area contributed by atoms with E-state index < -0.39 is 5.60 Å². The second-order valence-corrected chi connectivity index (χ2v) is 6.49. The molecule has 18 heavy (non-hydrogen) atoms. The molecule has 0 spiro atoms. The van der Waals surface area contributed by atoms with Gasteiger partial charge in [-0.2, -0.15) is 0 Å². The lowest BCUT2D eigenvalue weighted by Crippen LogP contribution is -2.47. The van der Waals surface area contributed by atoms with Crippen LogP contribution in [0.1, 0.15) is 46.5 Å². The van der Waals surface area contributed by atoms with E-state index in [9.17, 15) is 4.79 Å². The van der Waals surface area contributed by atoms with Crippen LogP contribution in [0.2, 0.25) is 0 Å². The molecule has 0 aromatic heterocycles. The molecule has 2 aliphatic heterocycles. The van der Waals surface area contributed by atoms with Crippen molar-refractivity contribution in [3.8, 4) is 0 Å². The molecule has 0 aromatic carbocycles. The lowest BCUT2D eigenvalue weighted by molar-refractivity contribution is 0.0164. The lowest BCUT2D eigenvalue weighted by Gasteiger charge is -2.35. The van der Waals surface area contributed by atoms with Crippen LogP contribution in [0.5, 0.6) is 0 Å². The first-order valence-electron chi connectivity index (χ1n) is 7.18. The van der Waals surface area contributed by atoms with Crippen LogP contribution in [0.25, 0.3) is 0 Å². The summed E-state index contributed by atoms with van der Waals surface area (Å²) in [4.78, 5) is 14.2. The molecule has 2 heterocycles. The number of nitrogens with one attached hydrogen (secondary N) is 1. The Morgan fingerprint density at radius 3 is 2.67 bits per heavy atom. The number of carbonyl (C=O) groups excluding carboxylic acids is 1. The van der Waals surface area contributed by atoms with Crippen molar-refractivity contribution in [3.63, 3.8) is 0 Å². The van der Waals surface area contributed by atoms with Crippen molar-refractivity contribution in [1.82, 2.24) is 10.2 Å². The summed E-state index contributed by atoms with van der Waals surface area (Å²) < 4.78 is 5.51. The highest BCUT2D eigenvalue weighted by atomic mass is 16.6. The smallest absolute Gasteiger partial charge is 0.410 e. The summed E-state index contributed by atoms with van der Waals surface area (Å²) >= 11 is 0. The van der Waals surface area contributed by atoms with E-state index in [1.807, 2.05) is 25.7 Å². The van der Waals surface area contributed by atoms with E-state index in [0.717, 1.165) is 32.5 Å². The van der Waals surface area contributed by atoms with Gasteiger partial charge in [0.15, 0.2) is 0 Å². The maximum atomic E-state index is 12.2. The number of hydrogen-bond donors (Lipinski definition) is 1. The minimum absolute atomic E-state index is 0.129. The number of nitrogens with zero attached hydrogens (tertiary/aromatic N) is 1. The van der Waals surface area contributed by atoms with Gasteiger partial charge in [0.25, 0.3) is 0 Å². The Kier molecular flexibility index (Phi) is 4.15. The summed E-state index contributed by atoms with van der Waals surface area (Å²) in [5, 5.41) is 3.44. The standard InChI is InChI=1S/C14H26N2O2/c1-14(2,3)18-13(17)16-9-5-7-12(16)11-6-4-8-15-10-11/h11-12,15H,4-10H2,1-3H3/t11-,12+/m1/s1. The van der Waals surface area contributed by atoms with Crippen LogP contribution in [0.3, 0.4) is 0 Å². The van der Waals surface area contributed by atoms with Gasteiger partial charge in [-0.3, -0.25) is 0 Å². The monoisotopic (exact) mass is 254 g/mol. The number of carbonyl (C=O) groups is 1. The number of amides is 1. The molecule has 1 amide bonds. The summed E-state index contributed by atoms with van der Waals surface area (Å²) in [5.41, 5.74) is -0.394. The second kappa shape index (κ2) is 5.47. The van der Waals surface area contributed by atoms with E-state index in [-0.39, 0.29) is 6.09 Å². The zero-order chi connectivity index (χ0) is 13.2. The molecular weight excluding hydrogens is 228 g/mol. The first-order chi connectivity index (χ1) is 8.47. The Bertz CT molecular complexity index is 293. The van der Waals surface area contributed by atoms with Gasteiger partial charge in [-0.25, -0.2) is 4.79 Å². The third kappa shape index (κ3) is 3.37. The van der Waals surface area contributed by atoms with Crippen LogP contribution in [-0.4, -0.2) is 42.3 Å². The average Bonchev–Trinajstić information content (AvgIpc) is 2.76. The number of rotatable bonds is 1. The van der Waals surface area contributed by atoms with Crippen LogP contribution in [0.4, 0.5) is 4.79 Å². The quantitative estimate of drug-likeness (QED) is 0.781. The van der Waals surface area contributed by atoms with Crippen LogP contribution in [0.15, 0.2) is 0 Å². The zero-order valence-corrected chi connectivity index (χ0v) is 11.9. The topological polar surface area (TPSA) is 41.6 Å². The highest BCUT2D eigenvalue weighted by Gasteiger charge is 2.37. The fraction of sp³-hybridized carbons (Fsp3) is 0.929. The van der Waals surface area contributed by atoms with E-state index >= 15 is 0 Å². The third-order valence-corrected chi connectivity index (χ3v) is 3.81. The summed E-state index contributed by atoms with van der Waals surface area (Å²) in [6.45, 7) is 8.81. The summed E-state index contributed by atoms with van der Waals surface area (Å²) in [5.74, 6) is 0.605. The molecule has 2 rings (SSSR count). The second-order valence-electron chi connectivity index (χ2n) is 6.49. The predicted octanol–water partition coefficient (Wildman–Crippen LogP) is 2.39. The highest BCUT2D eigenvalue weighted by Crippen LogP contribution is 2.29. The minimum atomic E-state index is -0.394. The fourth-order valence-electron chi connectivity index (χ4n) is 3.04. The fourth-order valence-corrected chi connectivity index (χ4v) is 3.04. The average molecular weight is 254 g/mol. The Labute approximate surface area is 110 Å². The SMILES string of the molecule is CC(C)(C)OC(=O)N1CCC[C@H]1[C@@H]1CCCNC1. The van der Waals surface area contributed by atoms with E-state index in [1.54, 1.807) is 0 Å². The molecular formula is C14H26N2O2. The van der Waals surface area contributed by atoms with Crippen molar-refractivity contribution in [3.05, 3.63) is 0 Å². The summed E-state index contributed by atoms with van der Waals surface area (Å²) in [6, 6.07) is 0.382. The summed E-state index contributed by atoms with van der Waals surface area (Å²) in [7, 11) is 0. The molecule has 0 bridgehead atoms. The molecule has 2 aliphatic rings. The minimum Gasteiger partial charge on any atom is -0.444 e. The van der Waals surface area contributed by atoms with Gasteiger partial charge >= 0.3 is 6.09 Å². The number of ether oxygens (including phenoxy) is 1. The van der Waals surface area contributed by atoms with Gasteiger partial charge in [-0.05, 0) is 65.5 Å². The molecule has 2 atom stereocenters. The highest BCUT2D eigenvalue weighted by molar-refractivity contribution is 5.69. The van der Waals surface area contributed by atoms with Gasteiger partial charge in [-0.15, -0.1) is 0 Å². The van der Waals surface area contributed by atoms with Crippen molar-refractivity contribution in [2.75, 3.05) is 19.6 Å². The molecule has 0 radical (unpaired) electrons. The molecule has 2 fully saturated rings. The number of likely N-dealkylation sites (tertiary alicyclic amines) is 1. The molecule has 0 unspecified atom stereocenters. The first-order valence-corrected chi connectivity index (χ1v) is 7.18. The van der Waals surface area contributed by atoms with Crippen molar-refractivity contribution in [2.24, 2.45) is 5.92 Å². The van der Waals surface area contributed by atoms with E-state index in [2.05, 4.69) is 5.32 Å². The van der Waals surface area contributed by atoms with Gasteiger partial charge in [0.05, 0.1) is 0 Å². The van der Waals surface area contributed by atoms with Crippen LogP contribution in [-0.2, 0) is 4.74 Å².